The first kappa shape index (κ1) is 16.2. The number of nitrogens with one attached hydrogen (secondary N) is 2. The van der Waals surface area contributed by atoms with Gasteiger partial charge in [0.1, 0.15) is 0 Å². The molecule has 0 aliphatic rings. The molecule has 0 fully saturated rings. The topological polar surface area (TPSA) is 105 Å². The van der Waals surface area contributed by atoms with Gasteiger partial charge in [-0.3, -0.25) is 9.59 Å². The number of esters is 1. The molecule has 0 saturated heterocycles. The first-order chi connectivity index (χ1) is 8.56. The summed E-state index contributed by atoms with van der Waals surface area (Å²) < 4.78 is 4.73. The molecule has 7 heteroatoms. The first-order valence-corrected chi connectivity index (χ1v) is 5.95. The van der Waals surface area contributed by atoms with Crippen LogP contribution in [0.2, 0.25) is 0 Å². The fourth-order valence-electron chi connectivity index (χ4n) is 1.17. The van der Waals surface area contributed by atoms with E-state index in [4.69, 9.17) is 9.84 Å². The van der Waals surface area contributed by atoms with Gasteiger partial charge in [-0.25, -0.2) is 4.79 Å². The summed E-state index contributed by atoms with van der Waals surface area (Å²) in [5, 5.41) is 13.5. The van der Waals surface area contributed by atoms with Crippen LogP contribution in [-0.2, 0) is 14.3 Å². The fraction of sp³-hybridized carbons (Fsp3) is 0.727. The second-order valence-electron chi connectivity index (χ2n) is 3.59. The van der Waals surface area contributed by atoms with Gasteiger partial charge in [0, 0.05) is 25.9 Å². The van der Waals surface area contributed by atoms with E-state index in [-0.39, 0.29) is 24.8 Å². The summed E-state index contributed by atoms with van der Waals surface area (Å²) in [7, 11) is 0. The summed E-state index contributed by atoms with van der Waals surface area (Å²) in [6, 6.07) is -0.357. The Morgan fingerprint density at radius 3 is 2.11 bits per heavy atom. The largest absolute Gasteiger partial charge is 0.481 e. The minimum absolute atomic E-state index is 0.0309. The van der Waals surface area contributed by atoms with E-state index in [0.717, 1.165) is 0 Å². The minimum Gasteiger partial charge on any atom is -0.481 e. The number of rotatable bonds is 9. The van der Waals surface area contributed by atoms with Crippen LogP contribution in [0.1, 0.15) is 32.6 Å². The van der Waals surface area contributed by atoms with Gasteiger partial charge in [-0.1, -0.05) is 0 Å². The summed E-state index contributed by atoms with van der Waals surface area (Å²) >= 11 is 0. The van der Waals surface area contributed by atoms with E-state index >= 15 is 0 Å². The molecule has 0 radical (unpaired) electrons. The third kappa shape index (κ3) is 10.7. The molecule has 0 atom stereocenters. The summed E-state index contributed by atoms with van der Waals surface area (Å²) in [6.07, 6.45) is 1.21. The maximum Gasteiger partial charge on any atom is 0.314 e. The predicted molar refractivity (Wildman–Crippen MR) is 64.1 cm³/mol. The zero-order valence-electron chi connectivity index (χ0n) is 10.5. The van der Waals surface area contributed by atoms with Crippen LogP contribution in [0, 0.1) is 0 Å². The summed E-state index contributed by atoms with van der Waals surface area (Å²) in [4.78, 5) is 32.3. The van der Waals surface area contributed by atoms with Gasteiger partial charge >= 0.3 is 18.0 Å². The van der Waals surface area contributed by atoms with E-state index in [0.29, 0.717) is 32.5 Å². The van der Waals surface area contributed by atoms with Crippen molar-refractivity contribution < 1.29 is 24.2 Å². The maximum absolute atomic E-state index is 11.2. The SMILES string of the molecule is CCOC(=O)CCCNC(=O)NCCCC(=O)O. The zero-order chi connectivity index (χ0) is 13.8. The second-order valence-corrected chi connectivity index (χ2v) is 3.59. The number of ether oxygens (including phenoxy) is 1. The highest BCUT2D eigenvalue weighted by atomic mass is 16.5. The molecule has 0 heterocycles. The molecule has 0 unspecified atom stereocenters. The quantitative estimate of drug-likeness (QED) is 0.413. The number of aliphatic carboxylic acids is 1. The number of urea groups is 1. The Labute approximate surface area is 106 Å². The lowest BCUT2D eigenvalue weighted by molar-refractivity contribution is -0.143. The van der Waals surface area contributed by atoms with Gasteiger partial charge in [0.05, 0.1) is 6.61 Å². The summed E-state index contributed by atoms with van der Waals surface area (Å²) in [6.45, 7) is 2.79. The van der Waals surface area contributed by atoms with Crippen molar-refractivity contribution in [3.8, 4) is 0 Å². The van der Waals surface area contributed by atoms with Crippen molar-refractivity contribution in [2.24, 2.45) is 0 Å². The number of hydrogen-bond acceptors (Lipinski definition) is 4. The lowest BCUT2D eigenvalue weighted by Gasteiger charge is -2.06. The zero-order valence-corrected chi connectivity index (χ0v) is 10.5. The standard InChI is InChI=1S/C11H20N2O5/c1-2-18-10(16)6-4-8-13-11(17)12-7-3-5-9(14)15/h2-8H2,1H3,(H,14,15)(H2,12,13,17). The molecule has 7 nitrogen and oxygen atoms in total. The molecule has 0 aromatic rings. The number of carbonyl (C=O) groups excluding carboxylic acids is 2. The van der Waals surface area contributed by atoms with E-state index in [2.05, 4.69) is 10.6 Å². The van der Waals surface area contributed by atoms with Crippen molar-refractivity contribution >= 4 is 18.0 Å². The van der Waals surface area contributed by atoms with Gasteiger partial charge < -0.3 is 20.5 Å². The molecule has 18 heavy (non-hydrogen) atoms. The first-order valence-electron chi connectivity index (χ1n) is 5.95. The molecule has 0 aliphatic heterocycles. The lowest BCUT2D eigenvalue weighted by Crippen LogP contribution is -2.36. The molecule has 104 valence electrons. The highest BCUT2D eigenvalue weighted by Gasteiger charge is 2.03. The highest BCUT2D eigenvalue weighted by Crippen LogP contribution is 1.91. The predicted octanol–water partition coefficient (Wildman–Crippen LogP) is 0.494. The average molecular weight is 260 g/mol. The van der Waals surface area contributed by atoms with E-state index in [1.807, 2.05) is 0 Å². The van der Waals surface area contributed by atoms with Crippen LogP contribution in [0.25, 0.3) is 0 Å². The van der Waals surface area contributed by atoms with E-state index in [1.165, 1.54) is 0 Å². The van der Waals surface area contributed by atoms with Crippen LogP contribution in [0.15, 0.2) is 0 Å². The molecule has 0 saturated carbocycles. The third-order valence-electron chi connectivity index (χ3n) is 2.00. The van der Waals surface area contributed by atoms with Gasteiger partial charge in [0.25, 0.3) is 0 Å². The van der Waals surface area contributed by atoms with Crippen LogP contribution in [0.5, 0.6) is 0 Å². The van der Waals surface area contributed by atoms with Gasteiger partial charge in [0.15, 0.2) is 0 Å². The van der Waals surface area contributed by atoms with Gasteiger partial charge in [-0.15, -0.1) is 0 Å². The summed E-state index contributed by atoms with van der Waals surface area (Å²) in [5.41, 5.74) is 0. The average Bonchev–Trinajstić information content (AvgIpc) is 2.30. The molecule has 2 amide bonds. The second kappa shape index (κ2) is 10.4. The minimum atomic E-state index is -0.883. The Balaban J connectivity index is 3.37. The van der Waals surface area contributed by atoms with Gasteiger partial charge in [0.2, 0.25) is 0 Å². The van der Waals surface area contributed by atoms with Crippen LogP contribution < -0.4 is 10.6 Å². The molecular formula is C11H20N2O5. The van der Waals surface area contributed by atoms with Crippen LogP contribution >= 0.6 is 0 Å². The van der Waals surface area contributed by atoms with Crippen molar-refractivity contribution in [3.63, 3.8) is 0 Å². The fourth-order valence-corrected chi connectivity index (χ4v) is 1.17. The maximum atomic E-state index is 11.2. The molecular weight excluding hydrogens is 240 g/mol. The summed E-state index contributed by atoms with van der Waals surface area (Å²) in [5.74, 6) is -1.16. The Hall–Kier alpha value is -1.79. The van der Waals surface area contributed by atoms with Crippen molar-refractivity contribution in [3.05, 3.63) is 0 Å². The molecule has 3 N–H and O–H groups in total. The normalized spacial score (nSPS) is 9.61. The van der Waals surface area contributed by atoms with Crippen LogP contribution in [0.4, 0.5) is 4.79 Å². The Morgan fingerprint density at radius 1 is 1.06 bits per heavy atom. The number of carboxylic acid groups (broad SMARTS) is 1. The number of carboxylic acids is 1. The molecule has 0 aromatic carbocycles. The number of carbonyl (C=O) groups is 3. The number of amides is 2. The Morgan fingerprint density at radius 2 is 1.61 bits per heavy atom. The van der Waals surface area contributed by atoms with E-state index in [9.17, 15) is 14.4 Å². The smallest absolute Gasteiger partial charge is 0.314 e. The molecule has 0 rings (SSSR count). The van der Waals surface area contributed by atoms with Crippen LogP contribution in [0.3, 0.4) is 0 Å². The molecule has 0 bridgehead atoms. The molecule has 0 aromatic heterocycles. The van der Waals surface area contributed by atoms with Crippen molar-refractivity contribution in [1.82, 2.24) is 10.6 Å². The van der Waals surface area contributed by atoms with Gasteiger partial charge in [-0.2, -0.15) is 0 Å². The Kier molecular flexibility index (Phi) is 9.34. The van der Waals surface area contributed by atoms with Crippen molar-refractivity contribution in [2.45, 2.75) is 32.6 Å². The van der Waals surface area contributed by atoms with E-state index in [1.54, 1.807) is 6.92 Å². The van der Waals surface area contributed by atoms with Crippen molar-refractivity contribution in [2.75, 3.05) is 19.7 Å². The monoisotopic (exact) mass is 260 g/mol. The lowest BCUT2D eigenvalue weighted by atomic mass is 10.3. The number of hydrogen-bond donors (Lipinski definition) is 3. The Bertz CT molecular complexity index is 281. The molecule has 0 aliphatic carbocycles. The van der Waals surface area contributed by atoms with Crippen molar-refractivity contribution in [1.29, 1.82) is 0 Å². The molecule has 0 spiro atoms. The van der Waals surface area contributed by atoms with E-state index < -0.39 is 5.97 Å². The van der Waals surface area contributed by atoms with Gasteiger partial charge in [-0.05, 0) is 19.8 Å². The van der Waals surface area contributed by atoms with Crippen LogP contribution in [-0.4, -0.2) is 42.8 Å². The highest BCUT2D eigenvalue weighted by molar-refractivity contribution is 5.74. The third-order valence-corrected chi connectivity index (χ3v) is 2.00.